The molecule has 1 aromatic rings. The first-order valence-electron chi connectivity index (χ1n) is 4.35. The van der Waals surface area contributed by atoms with Gasteiger partial charge in [0, 0.05) is 11.9 Å². The van der Waals surface area contributed by atoms with Gasteiger partial charge in [0.25, 0.3) is 0 Å². The zero-order valence-corrected chi connectivity index (χ0v) is 9.35. The summed E-state index contributed by atoms with van der Waals surface area (Å²) in [5.74, 6) is -0.253. The maximum absolute atomic E-state index is 11.0. The lowest BCUT2D eigenvalue weighted by atomic mass is 10.3. The first-order valence-corrected chi connectivity index (χ1v) is 5.23. The Labute approximate surface area is 87.3 Å². The molecule has 0 aliphatic rings. The zero-order valence-electron chi connectivity index (χ0n) is 8.53. The molecule has 4 nitrogen and oxygen atoms in total. The number of hydrogen-bond acceptors (Lipinski definition) is 5. The lowest BCUT2D eigenvalue weighted by Crippen LogP contribution is -2.34. The fourth-order valence-corrected chi connectivity index (χ4v) is 1.62. The van der Waals surface area contributed by atoms with Crippen molar-refractivity contribution < 1.29 is 9.53 Å². The smallest absolute Gasteiger partial charge is 0.322 e. The molecule has 0 amide bonds. The summed E-state index contributed by atoms with van der Waals surface area (Å²) >= 11 is 1.60. The summed E-state index contributed by atoms with van der Waals surface area (Å²) in [6, 6.07) is -0.290. The van der Waals surface area contributed by atoms with Gasteiger partial charge in [0.15, 0.2) is 0 Å². The molecule has 0 spiro atoms. The molecule has 5 heteroatoms. The maximum Gasteiger partial charge on any atom is 0.322 e. The second-order valence-electron chi connectivity index (χ2n) is 2.98. The topological polar surface area (TPSA) is 51.2 Å². The predicted molar refractivity (Wildman–Crippen MR) is 55.2 cm³/mol. The summed E-state index contributed by atoms with van der Waals surface area (Å²) < 4.78 is 4.59. The monoisotopic (exact) mass is 214 g/mol. The zero-order chi connectivity index (χ0) is 10.6. The van der Waals surface area contributed by atoms with Crippen LogP contribution in [0.15, 0.2) is 5.38 Å². The van der Waals surface area contributed by atoms with Crippen molar-refractivity contribution in [2.45, 2.75) is 26.4 Å². The van der Waals surface area contributed by atoms with E-state index in [4.69, 9.17) is 0 Å². The van der Waals surface area contributed by atoms with Crippen LogP contribution in [-0.4, -0.2) is 24.1 Å². The van der Waals surface area contributed by atoms with Crippen LogP contribution in [0, 0.1) is 6.92 Å². The fourth-order valence-electron chi connectivity index (χ4n) is 1.01. The third kappa shape index (κ3) is 3.08. The number of thiazole rings is 1. The molecule has 0 saturated heterocycles. The molecule has 1 rings (SSSR count). The fraction of sp³-hybridized carbons (Fsp3) is 0.556. The first kappa shape index (κ1) is 11.1. The van der Waals surface area contributed by atoms with Crippen LogP contribution >= 0.6 is 11.3 Å². The molecule has 1 N–H and O–H groups in total. The molecule has 1 aromatic heterocycles. The molecule has 0 bridgehead atoms. The van der Waals surface area contributed by atoms with Gasteiger partial charge < -0.3 is 4.74 Å². The highest BCUT2D eigenvalue weighted by Gasteiger charge is 2.12. The van der Waals surface area contributed by atoms with E-state index in [1.165, 1.54) is 7.11 Å². The number of esters is 1. The highest BCUT2D eigenvalue weighted by atomic mass is 32.1. The Bertz CT molecular complexity index is 312. The molecule has 1 atom stereocenters. The van der Waals surface area contributed by atoms with Crippen LogP contribution in [0.25, 0.3) is 0 Å². The summed E-state index contributed by atoms with van der Waals surface area (Å²) in [7, 11) is 1.38. The van der Waals surface area contributed by atoms with E-state index in [-0.39, 0.29) is 12.0 Å². The summed E-state index contributed by atoms with van der Waals surface area (Å²) in [4.78, 5) is 15.3. The summed E-state index contributed by atoms with van der Waals surface area (Å²) in [5.41, 5.74) is 0.961. The minimum absolute atomic E-state index is 0.253. The van der Waals surface area contributed by atoms with Crippen molar-refractivity contribution in [1.82, 2.24) is 10.3 Å². The van der Waals surface area contributed by atoms with Crippen LogP contribution in [0.1, 0.15) is 17.6 Å². The average Bonchev–Trinajstić information content (AvgIpc) is 2.59. The van der Waals surface area contributed by atoms with E-state index in [1.54, 1.807) is 18.3 Å². The number of rotatable bonds is 4. The van der Waals surface area contributed by atoms with Crippen molar-refractivity contribution in [1.29, 1.82) is 0 Å². The molecule has 0 aromatic carbocycles. The normalized spacial score (nSPS) is 12.5. The maximum atomic E-state index is 11.0. The van der Waals surface area contributed by atoms with E-state index in [0.717, 1.165) is 10.7 Å². The Hall–Kier alpha value is -0.940. The van der Waals surface area contributed by atoms with Crippen LogP contribution in [0.3, 0.4) is 0 Å². The van der Waals surface area contributed by atoms with E-state index in [9.17, 15) is 4.79 Å². The Morgan fingerprint density at radius 1 is 1.79 bits per heavy atom. The molecule has 78 valence electrons. The van der Waals surface area contributed by atoms with Crippen molar-refractivity contribution >= 4 is 17.3 Å². The van der Waals surface area contributed by atoms with Crippen molar-refractivity contribution in [3.05, 3.63) is 16.1 Å². The van der Waals surface area contributed by atoms with Crippen LogP contribution in [0.5, 0.6) is 0 Å². The van der Waals surface area contributed by atoms with Crippen LogP contribution in [0.2, 0.25) is 0 Å². The lowest BCUT2D eigenvalue weighted by Gasteiger charge is -2.09. The number of aryl methyl sites for hydroxylation is 1. The van der Waals surface area contributed by atoms with Crippen LogP contribution in [0.4, 0.5) is 0 Å². The highest BCUT2D eigenvalue weighted by Crippen LogP contribution is 2.07. The van der Waals surface area contributed by atoms with E-state index < -0.39 is 0 Å². The number of nitrogens with zero attached hydrogens (tertiary/aromatic N) is 1. The van der Waals surface area contributed by atoms with Gasteiger partial charge in [-0.2, -0.15) is 0 Å². The highest BCUT2D eigenvalue weighted by molar-refractivity contribution is 7.09. The molecular weight excluding hydrogens is 200 g/mol. The Morgan fingerprint density at radius 2 is 2.50 bits per heavy atom. The molecule has 0 aliphatic carbocycles. The number of nitrogens with one attached hydrogen (secondary N) is 1. The average molecular weight is 214 g/mol. The lowest BCUT2D eigenvalue weighted by molar-refractivity contribution is -0.142. The Morgan fingerprint density at radius 3 is 3.00 bits per heavy atom. The van der Waals surface area contributed by atoms with Crippen molar-refractivity contribution in [3.63, 3.8) is 0 Å². The molecule has 0 radical (unpaired) electrons. The summed E-state index contributed by atoms with van der Waals surface area (Å²) in [6.45, 7) is 4.32. The van der Waals surface area contributed by atoms with Crippen LogP contribution in [-0.2, 0) is 16.1 Å². The SMILES string of the molecule is COC(=O)[C@@H](C)NCc1csc(C)n1. The Kier molecular flexibility index (Phi) is 4.03. The minimum atomic E-state index is -0.290. The van der Waals surface area contributed by atoms with Crippen molar-refractivity contribution in [2.75, 3.05) is 7.11 Å². The number of carbonyl (C=O) groups excluding carboxylic acids is 1. The van der Waals surface area contributed by atoms with Crippen molar-refractivity contribution in [3.8, 4) is 0 Å². The van der Waals surface area contributed by atoms with E-state index in [1.807, 2.05) is 12.3 Å². The number of carbonyl (C=O) groups is 1. The predicted octanol–water partition coefficient (Wildman–Crippen LogP) is 1.10. The first-order chi connectivity index (χ1) is 6.63. The second-order valence-corrected chi connectivity index (χ2v) is 4.05. The number of ether oxygens (including phenoxy) is 1. The van der Waals surface area contributed by atoms with Gasteiger partial charge in [-0.05, 0) is 13.8 Å². The summed E-state index contributed by atoms with van der Waals surface area (Å²) in [5, 5.41) is 6.05. The molecule has 0 aliphatic heterocycles. The number of hydrogen-bond donors (Lipinski definition) is 1. The second kappa shape index (κ2) is 5.07. The molecule has 0 fully saturated rings. The molecule has 1 heterocycles. The van der Waals surface area contributed by atoms with E-state index >= 15 is 0 Å². The standard InChI is InChI=1S/C9H14N2O2S/c1-6(9(12)13-3)10-4-8-5-14-7(2)11-8/h5-6,10H,4H2,1-3H3/t6-/m1/s1. The summed E-state index contributed by atoms with van der Waals surface area (Å²) in [6.07, 6.45) is 0. The molecule has 0 saturated carbocycles. The third-order valence-electron chi connectivity index (χ3n) is 1.81. The number of aromatic nitrogens is 1. The van der Waals surface area contributed by atoms with Gasteiger partial charge in [-0.15, -0.1) is 11.3 Å². The molecular formula is C9H14N2O2S. The van der Waals surface area contributed by atoms with Gasteiger partial charge in [0.1, 0.15) is 6.04 Å². The molecule has 14 heavy (non-hydrogen) atoms. The van der Waals surface area contributed by atoms with E-state index in [0.29, 0.717) is 6.54 Å². The van der Waals surface area contributed by atoms with E-state index in [2.05, 4.69) is 15.0 Å². The number of methoxy groups -OCH3 is 1. The van der Waals surface area contributed by atoms with Gasteiger partial charge in [0.2, 0.25) is 0 Å². The minimum Gasteiger partial charge on any atom is -0.468 e. The van der Waals surface area contributed by atoms with Gasteiger partial charge >= 0.3 is 5.97 Å². The largest absolute Gasteiger partial charge is 0.468 e. The van der Waals surface area contributed by atoms with Gasteiger partial charge in [-0.1, -0.05) is 0 Å². The third-order valence-corrected chi connectivity index (χ3v) is 2.63. The quantitative estimate of drug-likeness (QED) is 0.763. The van der Waals surface area contributed by atoms with Gasteiger partial charge in [-0.25, -0.2) is 4.98 Å². The molecule has 0 unspecified atom stereocenters. The van der Waals surface area contributed by atoms with Crippen molar-refractivity contribution in [2.24, 2.45) is 0 Å². The van der Waals surface area contributed by atoms with Gasteiger partial charge in [0.05, 0.1) is 17.8 Å². The Balaban J connectivity index is 2.37. The van der Waals surface area contributed by atoms with Gasteiger partial charge in [-0.3, -0.25) is 10.1 Å². The van der Waals surface area contributed by atoms with Crippen LogP contribution < -0.4 is 5.32 Å².